The minimum absolute atomic E-state index is 0.0138. The second-order valence-corrected chi connectivity index (χ2v) is 3.83. The first-order valence-corrected chi connectivity index (χ1v) is 5.79. The molecule has 0 spiro atoms. The largest absolute Gasteiger partial charge is 0.419 e. The third-order valence-electron chi connectivity index (χ3n) is 2.44. The number of allylic oxidation sites excluding steroid dienone is 1. The molecule has 0 aliphatic carbocycles. The molecule has 2 aromatic carbocycles. The predicted molar refractivity (Wildman–Crippen MR) is 72.3 cm³/mol. The van der Waals surface area contributed by atoms with Gasteiger partial charge in [-0.05, 0) is 23.8 Å². The van der Waals surface area contributed by atoms with Crippen molar-refractivity contribution < 1.29 is 14.3 Å². The lowest BCUT2D eigenvalue weighted by Crippen LogP contribution is -2.05. The van der Waals surface area contributed by atoms with Gasteiger partial charge in [-0.2, -0.15) is 0 Å². The van der Waals surface area contributed by atoms with E-state index in [4.69, 9.17) is 4.74 Å². The van der Waals surface area contributed by atoms with Gasteiger partial charge in [-0.1, -0.05) is 48.5 Å². The Labute approximate surface area is 111 Å². The lowest BCUT2D eigenvalue weighted by Gasteiger charge is -2.03. The Hall–Kier alpha value is -2.68. The van der Waals surface area contributed by atoms with E-state index in [9.17, 15) is 9.59 Å². The summed E-state index contributed by atoms with van der Waals surface area (Å²) < 4.78 is 5.04. The first kappa shape index (κ1) is 12.8. The maximum atomic E-state index is 11.8. The molecule has 0 aliphatic heterocycles. The standard InChI is InChI=1S/C16H12O3/c17-12-15(11-13-7-3-1-4-8-13)19-16(18)14-9-5-2-6-10-14/h1-12H/b15-11+. The van der Waals surface area contributed by atoms with Crippen molar-refractivity contribution in [1.29, 1.82) is 0 Å². The molecule has 0 saturated heterocycles. The minimum Gasteiger partial charge on any atom is -0.419 e. The number of benzene rings is 2. The number of carbonyl (C=O) groups is 2. The van der Waals surface area contributed by atoms with Crippen LogP contribution in [0.1, 0.15) is 15.9 Å². The molecule has 3 nitrogen and oxygen atoms in total. The number of rotatable bonds is 4. The summed E-state index contributed by atoms with van der Waals surface area (Å²) in [6, 6.07) is 17.7. The van der Waals surface area contributed by atoms with Crippen molar-refractivity contribution in [2.45, 2.75) is 0 Å². The van der Waals surface area contributed by atoms with Crippen LogP contribution in [-0.4, -0.2) is 12.3 Å². The highest BCUT2D eigenvalue weighted by Crippen LogP contribution is 2.09. The van der Waals surface area contributed by atoms with Crippen LogP contribution < -0.4 is 0 Å². The fraction of sp³-hybridized carbons (Fsp3) is 0. The van der Waals surface area contributed by atoms with E-state index in [2.05, 4.69) is 0 Å². The second kappa shape index (κ2) is 6.31. The van der Waals surface area contributed by atoms with Crippen molar-refractivity contribution in [3.8, 4) is 0 Å². The molecule has 0 heterocycles. The average Bonchev–Trinajstić information content (AvgIpc) is 2.48. The molecule has 0 unspecified atom stereocenters. The van der Waals surface area contributed by atoms with Gasteiger partial charge >= 0.3 is 5.97 Å². The van der Waals surface area contributed by atoms with Crippen molar-refractivity contribution in [2.75, 3.05) is 0 Å². The number of aldehydes is 1. The van der Waals surface area contributed by atoms with Gasteiger partial charge in [0.05, 0.1) is 5.56 Å². The normalized spacial score (nSPS) is 10.8. The monoisotopic (exact) mass is 252 g/mol. The zero-order valence-corrected chi connectivity index (χ0v) is 10.2. The molecular weight excluding hydrogens is 240 g/mol. The molecular formula is C16H12O3. The van der Waals surface area contributed by atoms with Crippen LogP contribution in [0.25, 0.3) is 6.08 Å². The molecule has 0 bridgehead atoms. The first-order chi connectivity index (χ1) is 9.29. The summed E-state index contributed by atoms with van der Waals surface area (Å²) in [5, 5.41) is 0. The van der Waals surface area contributed by atoms with Crippen LogP contribution in [0.3, 0.4) is 0 Å². The Kier molecular flexibility index (Phi) is 4.24. The predicted octanol–water partition coefficient (Wildman–Crippen LogP) is 3.08. The molecule has 0 atom stereocenters. The van der Waals surface area contributed by atoms with Crippen molar-refractivity contribution in [2.24, 2.45) is 0 Å². The van der Waals surface area contributed by atoms with Crippen molar-refractivity contribution in [3.63, 3.8) is 0 Å². The van der Waals surface area contributed by atoms with Gasteiger partial charge in [0.15, 0.2) is 12.0 Å². The summed E-state index contributed by atoms with van der Waals surface area (Å²) in [5.41, 5.74) is 1.20. The summed E-state index contributed by atoms with van der Waals surface area (Å²) in [4.78, 5) is 22.7. The van der Waals surface area contributed by atoms with E-state index < -0.39 is 5.97 Å². The van der Waals surface area contributed by atoms with Crippen LogP contribution in [0, 0.1) is 0 Å². The number of ether oxygens (including phenoxy) is 1. The lowest BCUT2D eigenvalue weighted by atomic mass is 10.2. The second-order valence-electron chi connectivity index (χ2n) is 3.83. The van der Waals surface area contributed by atoms with Gasteiger partial charge in [-0.25, -0.2) is 4.79 Å². The Morgan fingerprint density at radius 3 is 2.05 bits per heavy atom. The van der Waals surface area contributed by atoms with E-state index in [1.54, 1.807) is 30.3 Å². The highest BCUT2D eigenvalue weighted by molar-refractivity contribution is 5.93. The lowest BCUT2D eigenvalue weighted by molar-refractivity contribution is -0.107. The van der Waals surface area contributed by atoms with Gasteiger partial charge in [0, 0.05) is 0 Å². The van der Waals surface area contributed by atoms with Gasteiger partial charge < -0.3 is 4.74 Å². The molecule has 19 heavy (non-hydrogen) atoms. The SMILES string of the molecule is O=C/C(=C\c1ccccc1)OC(=O)c1ccccc1. The Bertz CT molecular complexity index is 586. The fourth-order valence-electron chi connectivity index (χ4n) is 1.54. The summed E-state index contributed by atoms with van der Waals surface area (Å²) in [7, 11) is 0. The molecule has 0 N–H and O–H groups in total. The number of carbonyl (C=O) groups excluding carboxylic acids is 2. The van der Waals surface area contributed by atoms with E-state index >= 15 is 0 Å². The number of hydrogen-bond acceptors (Lipinski definition) is 3. The van der Waals surface area contributed by atoms with Crippen molar-refractivity contribution in [1.82, 2.24) is 0 Å². The van der Waals surface area contributed by atoms with Crippen LogP contribution in [0.4, 0.5) is 0 Å². The fourth-order valence-corrected chi connectivity index (χ4v) is 1.54. The molecule has 0 aromatic heterocycles. The summed E-state index contributed by atoms with van der Waals surface area (Å²) in [5.74, 6) is -0.560. The molecule has 0 radical (unpaired) electrons. The molecule has 2 aromatic rings. The Morgan fingerprint density at radius 1 is 0.895 bits per heavy atom. The van der Waals surface area contributed by atoms with Crippen molar-refractivity contribution >= 4 is 18.3 Å². The third kappa shape index (κ3) is 3.64. The molecule has 0 aliphatic rings. The molecule has 0 fully saturated rings. The Morgan fingerprint density at radius 2 is 1.47 bits per heavy atom. The van der Waals surface area contributed by atoms with Gasteiger partial charge in [-0.3, -0.25) is 4.79 Å². The van der Waals surface area contributed by atoms with Crippen molar-refractivity contribution in [3.05, 3.63) is 77.5 Å². The van der Waals surface area contributed by atoms with Gasteiger partial charge in [0.2, 0.25) is 0 Å². The van der Waals surface area contributed by atoms with E-state index in [1.165, 1.54) is 6.08 Å². The van der Waals surface area contributed by atoms with Gasteiger partial charge in [-0.15, -0.1) is 0 Å². The Balaban J connectivity index is 2.14. The maximum Gasteiger partial charge on any atom is 0.343 e. The number of esters is 1. The zero-order valence-electron chi connectivity index (χ0n) is 10.2. The van der Waals surface area contributed by atoms with Gasteiger partial charge in [0.25, 0.3) is 0 Å². The highest BCUT2D eigenvalue weighted by atomic mass is 16.5. The topological polar surface area (TPSA) is 43.4 Å². The third-order valence-corrected chi connectivity index (χ3v) is 2.44. The molecule has 0 saturated carbocycles. The van der Waals surface area contributed by atoms with E-state index in [0.29, 0.717) is 11.8 Å². The van der Waals surface area contributed by atoms with Crippen LogP contribution in [0.2, 0.25) is 0 Å². The molecule has 2 rings (SSSR count). The quantitative estimate of drug-likeness (QED) is 0.363. The van der Waals surface area contributed by atoms with E-state index in [-0.39, 0.29) is 5.76 Å². The van der Waals surface area contributed by atoms with Crippen LogP contribution in [0.15, 0.2) is 66.4 Å². The van der Waals surface area contributed by atoms with Gasteiger partial charge in [0.1, 0.15) is 0 Å². The molecule has 0 amide bonds. The van der Waals surface area contributed by atoms with Crippen LogP contribution in [-0.2, 0) is 9.53 Å². The maximum absolute atomic E-state index is 11.8. The van der Waals surface area contributed by atoms with E-state index in [0.717, 1.165) is 5.56 Å². The summed E-state index contributed by atoms with van der Waals surface area (Å²) in [6.45, 7) is 0. The number of hydrogen-bond donors (Lipinski definition) is 0. The summed E-state index contributed by atoms with van der Waals surface area (Å²) >= 11 is 0. The van der Waals surface area contributed by atoms with E-state index in [1.807, 2.05) is 30.3 Å². The molecule has 3 heteroatoms. The zero-order chi connectivity index (χ0) is 13.5. The highest BCUT2D eigenvalue weighted by Gasteiger charge is 2.09. The molecule has 94 valence electrons. The summed E-state index contributed by atoms with van der Waals surface area (Å²) in [6.07, 6.45) is 2.04. The average molecular weight is 252 g/mol. The smallest absolute Gasteiger partial charge is 0.343 e. The van der Waals surface area contributed by atoms with Crippen LogP contribution >= 0.6 is 0 Å². The van der Waals surface area contributed by atoms with Crippen LogP contribution in [0.5, 0.6) is 0 Å². The minimum atomic E-state index is -0.546. The first-order valence-electron chi connectivity index (χ1n) is 5.79.